The molecule has 1 fully saturated rings. The Balaban J connectivity index is 1.84. The van der Waals surface area contributed by atoms with Crippen LogP contribution < -0.4 is 5.32 Å². The summed E-state index contributed by atoms with van der Waals surface area (Å²) in [5, 5.41) is 3.16. The second-order valence-electron chi connectivity index (χ2n) is 4.96. The van der Waals surface area contributed by atoms with Crippen molar-refractivity contribution in [1.82, 2.24) is 10.2 Å². The maximum absolute atomic E-state index is 12.1. The average molecular weight is 347 g/mol. The highest BCUT2D eigenvalue weighted by molar-refractivity contribution is 9.11. The summed E-state index contributed by atoms with van der Waals surface area (Å²) in [4.78, 5) is 15.2. The van der Waals surface area contributed by atoms with Gasteiger partial charge in [-0.1, -0.05) is 0 Å². The Hall–Kier alpha value is -0.430. The zero-order valence-electron chi connectivity index (χ0n) is 11.2. The molecule has 1 aliphatic rings. The minimum atomic E-state index is -0.166. The standard InChI is InChI=1S/C13H19BrN2O2S/c1-3-16(6-10-4-5-11(14)19-10)12(17)7-18-13(2)8-15-9-13/h4-5,15H,3,6-9H2,1-2H3. The van der Waals surface area contributed by atoms with Crippen molar-refractivity contribution in [1.29, 1.82) is 0 Å². The molecule has 0 aromatic carbocycles. The van der Waals surface area contributed by atoms with Crippen molar-refractivity contribution in [2.75, 3.05) is 26.2 Å². The Labute approximate surface area is 126 Å². The number of halogens is 1. The van der Waals surface area contributed by atoms with Crippen LogP contribution in [-0.4, -0.2) is 42.6 Å². The normalized spacial score (nSPS) is 17.0. The van der Waals surface area contributed by atoms with Crippen molar-refractivity contribution in [2.24, 2.45) is 0 Å². The number of likely N-dealkylation sites (N-methyl/N-ethyl adjacent to an activating group) is 1. The van der Waals surface area contributed by atoms with Crippen molar-refractivity contribution < 1.29 is 9.53 Å². The van der Waals surface area contributed by atoms with Gasteiger partial charge in [0.15, 0.2) is 0 Å². The Kier molecular flexibility index (Phi) is 5.00. The first kappa shape index (κ1) is 15.0. The van der Waals surface area contributed by atoms with Gasteiger partial charge in [-0.05, 0) is 41.9 Å². The molecule has 19 heavy (non-hydrogen) atoms. The molecular weight excluding hydrogens is 328 g/mol. The highest BCUT2D eigenvalue weighted by Crippen LogP contribution is 2.23. The van der Waals surface area contributed by atoms with Crippen LogP contribution in [0.4, 0.5) is 0 Å². The maximum atomic E-state index is 12.1. The number of carbonyl (C=O) groups excluding carboxylic acids is 1. The van der Waals surface area contributed by atoms with Gasteiger partial charge in [-0.15, -0.1) is 11.3 Å². The Morgan fingerprint density at radius 2 is 2.32 bits per heavy atom. The van der Waals surface area contributed by atoms with Crippen molar-refractivity contribution in [3.05, 3.63) is 20.8 Å². The zero-order valence-corrected chi connectivity index (χ0v) is 13.6. The van der Waals surface area contributed by atoms with E-state index in [0.717, 1.165) is 16.9 Å². The van der Waals surface area contributed by atoms with Crippen LogP contribution in [0.3, 0.4) is 0 Å². The molecule has 1 aromatic rings. The average Bonchev–Trinajstić information content (AvgIpc) is 2.76. The fourth-order valence-electron chi connectivity index (χ4n) is 1.91. The molecule has 0 saturated carbocycles. The van der Waals surface area contributed by atoms with E-state index in [1.165, 1.54) is 4.88 Å². The summed E-state index contributed by atoms with van der Waals surface area (Å²) in [6.07, 6.45) is 0. The van der Waals surface area contributed by atoms with E-state index in [9.17, 15) is 4.79 Å². The predicted octanol–water partition coefficient (Wildman–Crippen LogP) is 2.24. The molecule has 0 atom stereocenters. The van der Waals surface area contributed by atoms with Crippen LogP contribution in [0.5, 0.6) is 0 Å². The topological polar surface area (TPSA) is 41.6 Å². The highest BCUT2D eigenvalue weighted by Gasteiger charge is 2.33. The number of nitrogens with one attached hydrogen (secondary N) is 1. The second kappa shape index (κ2) is 6.35. The number of rotatable bonds is 6. The lowest BCUT2D eigenvalue weighted by atomic mass is 10.0. The molecule has 1 amide bonds. The van der Waals surface area contributed by atoms with Gasteiger partial charge in [0.1, 0.15) is 6.61 Å². The van der Waals surface area contributed by atoms with Gasteiger partial charge in [0.25, 0.3) is 0 Å². The van der Waals surface area contributed by atoms with E-state index in [1.807, 2.05) is 30.9 Å². The molecule has 0 radical (unpaired) electrons. The first-order valence-electron chi connectivity index (χ1n) is 6.39. The fraction of sp³-hybridized carbons (Fsp3) is 0.615. The Bertz CT molecular complexity index is 446. The Morgan fingerprint density at radius 1 is 1.58 bits per heavy atom. The number of carbonyl (C=O) groups is 1. The van der Waals surface area contributed by atoms with Crippen LogP contribution in [0.25, 0.3) is 0 Å². The lowest BCUT2D eigenvalue weighted by molar-refractivity contribution is -0.146. The molecule has 1 aromatic heterocycles. The molecule has 0 bridgehead atoms. The molecule has 6 heteroatoms. The van der Waals surface area contributed by atoms with Gasteiger partial charge in [-0.3, -0.25) is 4.79 Å². The molecular formula is C13H19BrN2O2S. The summed E-state index contributed by atoms with van der Waals surface area (Å²) in [5.41, 5.74) is -0.166. The second-order valence-corrected chi connectivity index (χ2v) is 7.50. The van der Waals surface area contributed by atoms with E-state index in [2.05, 4.69) is 21.2 Å². The number of thiophene rings is 1. The minimum Gasteiger partial charge on any atom is -0.363 e. The van der Waals surface area contributed by atoms with Gasteiger partial charge >= 0.3 is 0 Å². The van der Waals surface area contributed by atoms with Crippen molar-refractivity contribution in [3.63, 3.8) is 0 Å². The fourth-order valence-corrected chi connectivity index (χ4v) is 3.41. The third kappa shape index (κ3) is 4.02. The van der Waals surface area contributed by atoms with Crippen LogP contribution in [-0.2, 0) is 16.1 Å². The van der Waals surface area contributed by atoms with Crippen LogP contribution >= 0.6 is 27.3 Å². The van der Waals surface area contributed by atoms with Crippen LogP contribution in [0, 0.1) is 0 Å². The number of hydrogen-bond acceptors (Lipinski definition) is 4. The smallest absolute Gasteiger partial charge is 0.248 e. The van der Waals surface area contributed by atoms with E-state index in [-0.39, 0.29) is 18.1 Å². The summed E-state index contributed by atoms with van der Waals surface area (Å²) in [6, 6.07) is 4.05. The van der Waals surface area contributed by atoms with E-state index < -0.39 is 0 Å². The largest absolute Gasteiger partial charge is 0.363 e. The third-order valence-electron chi connectivity index (χ3n) is 3.25. The third-order valence-corrected chi connectivity index (χ3v) is 4.86. The summed E-state index contributed by atoms with van der Waals surface area (Å²) < 4.78 is 6.79. The van der Waals surface area contributed by atoms with Gasteiger partial charge in [0, 0.05) is 24.5 Å². The molecule has 2 heterocycles. The number of amides is 1. The van der Waals surface area contributed by atoms with Gasteiger partial charge in [0.05, 0.1) is 15.9 Å². The molecule has 2 rings (SSSR count). The first-order chi connectivity index (χ1) is 9.02. The molecule has 106 valence electrons. The van der Waals surface area contributed by atoms with E-state index in [4.69, 9.17) is 4.74 Å². The highest BCUT2D eigenvalue weighted by atomic mass is 79.9. The molecule has 1 aliphatic heterocycles. The SMILES string of the molecule is CCN(Cc1ccc(Br)s1)C(=O)COC1(C)CNC1. The van der Waals surface area contributed by atoms with Gasteiger partial charge in [-0.2, -0.15) is 0 Å². The molecule has 1 N–H and O–H groups in total. The van der Waals surface area contributed by atoms with Gasteiger partial charge in [0.2, 0.25) is 5.91 Å². The Morgan fingerprint density at radius 3 is 2.79 bits per heavy atom. The molecule has 0 spiro atoms. The number of nitrogens with zero attached hydrogens (tertiary/aromatic N) is 1. The summed E-state index contributed by atoms with van der Waals surface area (Å²) in [7, 11) is 0. The lowest BCUT2D eigenvalue weighted by Gasteiger charge is -2.39. The number of ether oxygens (including phenoxy) is 1. The zero-order chi connectivity index (χ0) is 13.9. The summed E-state index contributed by atoms with van der Waals surface area (Å²) in [5.74, 6) is 0.0557. The van der Waals surface area contributed by atoms with Crippen molar-refractivity contribution in [2.45, 2.75) is 26.0 Å². The number of hydrogen-bond donors (Lipinski definition) is 1. The van der Waals surface area contributed by atoms with Crippen LogP contribution in [0.2, 0.25) is 0 Å². The minimum absolute atomic E-state index is 0.0557. The lowest BCUT2D eigenvalue weighted by Crippen LogP contribution is -2.59. The predicted molar refractivity (Wildman–Crippen MR) is 80.3 cm³/mol. The molecule has 1 saturated heterocycles. The quantitative estimate of drug-likeness (QED) is 0.858. The first-order valence-corrected chi connectivity index (χ1v) is 8.00. The van der Waals surface area contributed by atoms with Gasteiger partial charge < -0.3 is 15.0 Å². The molecule has 4 nitrogen and oxygen atoms in total. The van der Waals surface area contributed by atoms with Gasteiger partial charge in [-0.25, -0.2) is 0 Å². The maximum Gasteiger partial charge on any atom is 0.248 e. The van der Waals surface area contributed by atoms with Crippen LogP contribution in [0.1, 0.15) is 18.7 Å². The van der Waals surface area contributed by atoms with Crippen molar-refractivity contribution >= 4 is 33.2 Å². The van der Waals surface area contributed by atoms with Crippen LogP contribution in [0.15, 0.2) is 15.9 Å². The van der Waals surface area contributed by atoms with E-state index in [0.29, 0.717) is 13.1 Å². The van der Waals surface area contributed by atoms with E-state index in [1.54, 1.807) is 11.3 Å². The van der Waals surface area contributed by atoms with E-state index >= 15 is 0 Å². The molecule has 0 unspecified atom stereocenters. The monoisotopic (exact) mass is 346 g/mol. The van der Waals surface area contributed by atoms with Crippen molar-refractivity contribution in [3.8, 4) is 0 Å². The molecule has 0 aliphatic carbocycles. The summed E-state index contributed by atoms with van der Waals surface area (Å²) in [6.45, 7) is 7.19. The summed E-state index contributed by atoms with van der Waals surface area (Å²) >= 11 is 5.10.